The van der Waals surface area contributed by atoms with Crippen LogP contribution in [0.1, 0.15) is 22.3 Å². The molecule has 3 aliphatic rings. The van der Waals surface area contributed by atoms with Crippen molar-refractivity contribution in [3.8, 4) is 0 Å². The minimum absolute atomic E-state index is 0.00872. The number of benzene rings is 1. The number of amides is 2. The first kappa shape index (κ1) is 27.0. The van der Waals surface area contributed by atoms with E-state index in [1.54, 1.807) is 37.5 Å². The predicted octanol–water partition coefficient (Wildman–Crippen LogP) is 1.69. The molecule has 10 nitrogen and oxygen atoms in total. The van der Waals surface area contributed by atoms with Crippen molar-refractivity contribution in [2.45, 2.75) is 37.6 Å². The molecule has 2 fully saturated rings. The third kappa shape index (κ3) is 5.91. The summed E-state index contributed by atoms with van der Waals surface area (Å²) in [7, 11) is 5.12. The number of aryl methyl sites for hydroxylation is 1. The zero-order chi connectivity index (χ0) is 26.7. The van der Waals surface area contributed by atoms with Crippen LogP contribution in [0.2, 0.25) is 0 Å². The average molecular weight is 521 g/mol. The van der Waals surface area contributed by atoms with Gasteiger partial charge in [0.1, 0.15) is 6.54 Å². The van der Waals surface area contributed by atoms with Gasteiger partial charge in [0.05, 0.1) is 35.7 Å². The number of hydrogen-bond acceptors (Lipinski definition) is 8. The second-order valence-electron chi connectivity index (χ2n) is 9.48. The van der Waals surface area contributed by atoms with Gasteiger partial charge in [-0.15, -0.1) is 0 Å². The van der Waals surface area contributed by atoms with Gasteiger partial charge in [-0.3, -0.25) is 14.6 Å². The summed E-state index contributed by atoms with van der Waals surface area (Å²) in [5, 5.41) is 9.60. The number of carbonyl (C=O) groups excluding carboxylic acids is 2. The van der Waals surface area contributed by atoms with Gasteiger partial charge in [-0.25, -0.2) is 0 Å². The molecule has 2 amide bonds. The summed E-state index contributed by atoms with van der Waals surface area (Å²) in [6, 6.07) is 3.21. The van der Waals surface area contributed by atoms with Crippen LogP contribution in [0, 0.1) is 6.92 Å². The van der Waals surface area contributed by atoms with Crippen LogP contribution < -0.4 is 16.0 Å². The summed E-state index contributed by atoms with van der Waals surface area (Å²) >= 11 is 0. The van der Waals surface area contributed by atoms with E-state index in [1.165, 1.54) is 0 Å². The number of nitrogens with one attached hydrogen (secondary N) is 3. The molecule has 37 heavy (non-hydrogen) atoms. The van der Waals surface area contributed by atoms with E-state index in [-0.39, 0.29) is 42.8 Å². The van der Waals surface area contributed by atoms with Crippen LogP contribution in [0.25, 0.3) is 0 Å². The van der Waals surface area contributed by atoms with Gasteiger partial charge in [0.25, 0.3) is 11.8 Å². The number of rotatable bonds is 7. The molecule has 2 saturated heterocycles. The number of ether oxygens (including phenoxy) is 2. The molecule has 1 unspecified atom stereocenters. The number of likely N-dealkylation sites (tertiary alicyclic amines) is 1. The maximum Gasteiger partial charge on any atom is 0.373 e. The van der Waals surface area contributed by atoms with Crippen LogP contribution >= 0.6 is 0 Å². The molecule has 202 valence electrons. The number of alkyl halides is 2. The largest absolute Gasteiger partial charge is 0.386 e. The Balaban J connectivity index is 1.58. The lowest BCUT2D eigenvalue weighted by atomic mass is 10.0. The summed E-state index contributed by atoms with van der Waals surface area (Å²) in [6.45, 7) is 1.54. The van der Waals surface area contributed by atoms with Crippen molar-refractivity contribution < 1.29 is 27.8 Å². The third-order valence-electron chi connectivity index (χ3n) is 6.89. The fraction of sp³-hybridized carbons (Fsp3) is 0.560. The Morgan fingerprint density at radius 3 is 2.65 bits per heavy atom. The van der Waals surface area contributed by atoms with Crippen molar-refractivity contribution in [2.75, 3.05) is 64.6 Å². The summed E-state index contributed by atoms with van der Waals surface area (Å²) in [5.41, 5.74) is 2.79. The van der Waals surface area contributed by atoms with Gasteiger partial charge in [-0.05, 0) is 38.1 Å². The predicted molar refractivity (Wildman–Crippen MR) is 136 cm³/mol. The number of carbonyl (C=O) groups is 2. The third-order valence-corrected chi connectivity index (χ3v) is 6.89. The molecule has 3 atom stereocenters. The molecule has 0 aliphatic carbocycles. The van der Waals surface area contributed by atoms with Crippen molar-refractivity contribution >= 4 is 29.4 Å². The first-order chi connectivity index (χ1) is 17.7. The molecule has 0 bridgehead atoms. The lowest BCUT2D eigenvalue weighted by molar-refractivity contribution is -0.263. The van der Waals surface area contributed by atoms with Crippen LogP contribution in [-0.4, -0.2) is 106 Å². The molecule has 12 heteroatoms. The van der Waals surface area contributed by atoms with Crippen molar-refractivity contribution in [3.05, 3.63) is 35.0 Å². The van der Waals surface area contributed by atoms with Crippen molar-refractivity contribution in [1.29, 1.82) is 0 Å². The van der Waals surface area contributed by atoms with E-state index in [4.69, 9.17) is 4.74 Å². The molecule has 0 saturated carbocycles. The minimum atomic E-state index is -3.39. The fourth-order valence-corrected chi connectivity index (χ4v) is 4.91. The number of morpholine rings is 1. The monoisotopic (exact) mass is 520 g/mol. The number of anilines is 2. The van der Waals surface area contributed by atoms with Crippen LogP contribution in [0.5, 0.6) is 0 Å². The lowest BCUT2D eigenvalue weighted by Gasteiger charge is -2.33. The zero-order valence-electron chi connectivity index (χ0n) is 21.5. The molecule has 0 aromatic heterocycles. The van der Waals surface area contributed by atoms with Gasteiger partial charge in [0.15, 0.2) is 0 Å². The Morgan fingerprint density at radius 1 is 1.19 bits per heavy atom. The highest BCUT2D eigenvalue weighted by Crippen LogP contribution is 2.33. The Bertz CT molecular complexity index is 1100. The van der Waals surface area contributed by atoms with E-state index >= 15 is 0 Å². The molecule has 3 heterocycles. The first-order valence-corrected chi connectivity index (χ1v) is 12.3. The molecular formula is C25H34F2N6O4. The minimum Gasteiger partial charge on any atom is -0.386 e. The van der Waals surface area contributed by atoms with E-state index in [9.17, 15) is 18.4 Å². The molecule has 3 N–H and O–H groups in total. The van der Waals surface area contributed by atoms with E-state index in [0.717, 1.165) is 10.5 Å². The Labute approximate surface area is 215 Å². The highest BCUT2D eigenvalue weighted by molar-refractivity contribution is 6.03. The topological polar surface area (TPSA) is 108 Å². The highest BCUT2D eigenvalue weighted by atomic mass is 19.3. The van der Waals surface area contributed by atoms with Crippen molar-refractivity contribution in [2.24, 2.45) is 4.99 Å². The van der Waals surface area contributed by atoms with Gasteiger partial charge in [0.2, 0.25) is 0 Å². The zero-order valence-corrected chi connectivity index (χ0v) is 21.5. The van der Waals surface area contributed by atoms with Gasteiger partial charge in [-0.1, -0.05) is 0 Å². The van der Waals surface area contributed by atoms with Gasteiger partial charge < -0.3 is 35.2 Å². The summed E-state index contributed by atoms with van der Waals surface area (Å²) in [6.07, 6.45) is 0.151. The van der Waals surface area contributed by atoms with Crippen LogP contribution in [0.3, 0.4) is 0 Å². The second-order valence-corrected chi connectivity index (χ2v) is 9.48. The van der Waals surface area contributed by atoms with Gasteiger partial charge in [0, 0.05) is 57.8 Å². The summed E-state index contributed by atoms with van der Waals surface area (Å²) < 4.78 is 38.0. The number of methoxy groups -OCH3 is 1. The SMILES string of the molecule is CNc1cc(C)cc(C(=O)N2CCOC(F)(F)C2)c1N[C@H]1CN(C(=O)C2=CN=CC(NC)C2)C[C@@H]1OC. The van der Waals surface area contributed by atoms with E-state index in [2.05, 4.69) is 25.7 Å². The summed E-state index contributed by atoms with van der Waals surface area (Å²) in [4.78, 5) is 33.7. The Morgan fingerprint density at radius 2 is 1.97 bits per heavy atom. The average Bonchev–Trinajstić information content (AvgIpc) is 3.30. The maximum absolute atomic E-state index is 13.9. The highest BCUT2D eigenvalue weighted by Gasteiger charge is 2.41. The molecule has 0 spiro atoms. The number of hydrogen-bond donors (Lipinski definition) is 3. The van der Waals surface area contributed by atoms with Crippen LogP contribution in [0.4, 0.5) is 20.2 Å². The van der Waals surface area contributed by atoms with Gasteiger partial charge in [-0.2, -0.15) is 8.78 Å². The second kappa shape index (κ2) is 11.1. The number of halogens is 2. The fourth-order valence-electron chi connectivity index (χ4n) is 4.91. The molecule has 1 aromatic carbocycles. The van der Waals surface area contributed by atoms with E-state index in [1.807, 2.05) is 20.0 Å². The molecule has 4 rings (SSSR count). The van der Waals surface area contributed by atoms with Crippen LogP contribution in [0.15, 0.2) is 28.9 Å². The molecule has 0 radical (unpaired) electrons. The van der Waals surface area contributed by atoms with E-state index in [0.29, 0.717) is 36.5 Å². The maximum atomic E-state index is 13.9. The normalized spacial score (nSPS) is 25.1. The Hall–Kier alpha value is -3.09. The van der Waals surface area contributed by atoms with Crippen LogP contribution in [-0.2, 0) is 14.3 Å². The molecule has 3 aliphatic heterocycles. The van der Waals surface area contributed by atoms with Gasteiger partial charge >= 0.3 is 6.11 Å². The Kier molecular flexibility index (Phi) is 8.10. The van der Waals surface area contributed by atoms with Crippen molar-refractivity contribution in [1.82, 2.24) is 15.1 Å². The smallest absolute Gasteiger partial charge is 0.373 e. The summed E-state index contributed by atoms with van der Waals surface area (Å²) in [5.74, 6) is -0.637. The standard InChI is InChI=1S/C25H34F2N6O4/c1-15-7-18(24(35)32-5-6-37-25(26,27)14-32)22(19(8-15)29-3)31-20-12-33(13-21(20)36-4)23(34)16-9-17(28-2)11-30-10-16/h7-8,10-11,17,20-21,28-29,31H,5-6,9,12-14H2,1-4H3/t17?,20-,21-/m0/s1. The lowest BCUT2D eigenvalue weighted by Crippen LogP contribution is -2.49. The first-order valence-electron chi connectivity index (χ1n) is 12.3. The number of aliphatic imine (C=N–C) groups is 1. The number of nitrogens with zero attached hydrogens (tertiary/aromatic N) is 3. The van der Waals surface area contributed by atoms with E-state index < -0.39 is 18.6 Å². The molecular weight excluding hydrogens is 486 g/mol. The molecule has 1 aromatic rings. The van der Waals surface area contributed by atoms with Crippen molar-refractivity contribution in [3.63, 3.8) is 0 Å². The quantitative estimate of drug-likeness (QED) is 0.502.